The number of thioether (sulfide) groups is 1. The highest BCUT2D eigenvalue weighted by molar-refractivity contribution is 7.99. The molecule has 2 aliphatic rings. The van der Waals surface area contributed by atoms with Crippen LogP contribution in [0.5, 0.6) is 0 Å². The Bertz CT molecular complexity index is 225. The van der Waals surface area contributed by atoms with Gasteiger partial charge in [0.25, 0.3) is 0 Å². The molecule has 1 aliphatic heterocycles. The molecule has 1 aliphatic carbocycles. The molecule has 0 aromatic carbocycles. The maximum atomic E-state index is 11.8. The lowest BCUT2D eigenvalue weighted by Gasteiger charge is -2.23. The van der Waals surface area contributed by atoms with Crippen LogP contribution in [0.3, 0.4) is 0 Å². The molecule has 1 N–H and O–H groups in total. The van der Waals surface area contributed by atoms with Crippen LogP contribution >= 0.6 is 11.8 Å². The first-order chi connectivity index (χ1) is 7.27. The normalized spacial score (nSPS) is 25.5. The largest absolute Gasteiger partial charge is 0.342 e. The minimum Gasteiger partial charge on any atom is -0.342 e. The van der Waals surface area contributed by atoms with Crippen LogP contribution in [0.2, 0.25) is 0 Å². The molecule has 2 rings (SSSR count). The zero-order valence-electron chi connectivity index (χ0n) is 9.37. The lowest BCUT2D eigenvalue weighted by molar-refractivity contribution is -0.131. The van der Waals surface area contributed by atoms with Gasteiger partial charge in [-0.2, -0.15) is 11.8 Å². The van der Waals surface area contributed by atoms with Gasteiger partial charge in [-0.1, -0.05) is 0 Å². The van der Waals surface area contributed by atoms with Crippen LogP contribution in [-0.4, -0.2) is 48.0 Å². The molecule has 0 aromatic heterocycles. The molecule has 0 aromatic rings. The van der Waals surface area contributed by atoms with Crippen LogP contribution < -0.4 is 5.32 Å². The summed E-state index contributed by atoms with van der Waals surface area (Å²) in [6.45, 7) is 0.855. The van der Waals surface area contributed by atoms with Gasteiger partial charge in [-0.3, -0.25) is 4.79 Å². The first-order valence-electron chi connectivity index (χ1n) is 5.84. The number of carbonyl (C=O) groups is 1. The fourth-order valence-electron chi connectivity index (χ4n) is 1.88. The molecule has 4 heteroatoms. The van der Waals surface area contributed by atoms with Crippen LogP contribution in [0.25, 0.3) is 0 Å². The Balaban J connectivity index is 1.64. The van der Waals surface area contributed by atoms with Crippen molar-refractivity contribution in [1.29, 1.82) is 0 Å². The van der Waals surface area contributed by atoms with Crippen molar-refractivity contribution in [3.8, 4) is 0 Å². The summed E-state index contributed by atoms with van der Waals surface area (Å²) in [6.07, 6.45) is 4.42. The topological polar surface area (TPSA) is 32.3 Å². The lowest BCUT2D eigenvalue weighted by atomic mass is 10.2. The van der Waals surface area contributed by atoms with Gasteiger partial charge >= 0.3 is 0 Å². The Morgan fingerprint density at radius 2 is 2.27 bits per heavy atom. The summed E-state index contributed by atoms with van der Waals surface area (Å²) in [6, 6.07) is 1.20. The van der Waals surface area contributed by atoms with Crippen LogP contribution in [0.15, 0.2) is 0 Å². The average molecular weight is 228 g/mol. The quantitative estimate of drug-likeness (QED) is 0.764. The summed E-state index contributed by atoms with van der Waals surface area (Å²) in [5.41, 5.74) is 0. The van der Waals surface area contributed by atoms with E-state index in [1.165, 1.54) is 25.0 Å². The molecule has 1 saturated carbocycles. The van der Waals surface area contributed by atoms with Crippen LogP contribution in [-0.2, 0) is 4.79 Å². The molecule has 0 spiro atoms. The second-order valence-corrected chi connectivity index (χ2v) is 5.65. The van der Waals surface area contributed by atoms with E-state index in [0.29, 0.717) is 24.4 Å². The van der Waals surface area contributed by atoms with Crippen LogP contribution in [0, 0.1) is 0 Å². The average Bonchev–Trinajstić information content (AvgIpc) is 2.90. The third-order valence-electron chi connectivity index (χ3n) is 3.20. The van der Waals surface area contributed by atoms with Crippen LogP contribution in [0.4, 0.5) is 0 Å². The molecule has 0 bridgehead atoms. The van der Waals surface area contributed by atoms with E-state index in [4.69, 9.17) is 0 Å². The Morgan fingerprint density at radius 3 is 2.87 bits per heavy atom. The summed E-state index contributed by atoms with van der Waals surface area (Å²) < 4.78 is 0. The molecule has 1 heterocycles. The molecular weight excluding hydrogens is 208 g/mol. The molecule has 1 amide bonds. The zero-order valence-corrected chi connectivity index (χ0v) is 10.2. The van der Waals surface area contributed by atoms with Crippen molar-refractivity contribution in [3.63, 3.8) is 0 Å². The van der Waals surface area contributed by atoms with Gasteiger partial charge in [-0.05, 0) is 25.0 Å². The van der Waals surface area contributed by atoms with Gasteiger partial charge < -0.3 is 10.2 Å². The van der Waals surface area contributed by atoms with Crippen molar-refractivity contribution < 1.29 is 4.79 Å². The standard InChI is InChI=1S/C11H20N2OS/c1-13(10-5-7-15-8-10)11(14)4-6-12-9-2-3-9/h9-10,12H,2-8H2,1H3. The summed E-state index contributed by atoms with van der Waals surface area (Å²) in [7, 11) is 1.95. The molecular formula is C11H20N2OS. The first kappa shape index (κ1) is 11.3. The number of nitrogens with zero attached hydrogens (tertiary/aromatic N) is 1. The monoisotopic (exact) mass is 228 g/mol. The highest BCUT2D eigenvalue weighted by atomic mass is 32.2. The maximum Gasteiger partial charge on any atom is 0.223 e. The molecule has 15 heavy (non-hydrogen) atoms. The Labute approximate surface area is 96.0 Å². The summed E-state index contributed by atoms with van der Waals surface area (Å²) in [5, 5.41) is 3.38. The highest BCUT2D eigenvalue weighted by Crippen LogP contribution is 2.22. The molecule has 1 saturated heterocycles. The molecule has 2 fully saturated rings. The van der Waals surface area contributed by atoms with Crippen molar-refractivity contribution in [3.05, 3.63) is 0 Å². The molecule has 0 radical (unpaired) electrons. The number of hydrogen-bond donors (Lipinski definition) is 1. The number of hydrogen-bond acceptors (Lipinski definition) is 3. The Kier molecular flexibility index (Phi) is 3.92. The minimum absolute atomic E-state index is 0.302. The van der Waals surface area contributed by atoms with E-state index in [9.17, 15) is 4.79 Å². The van der Waals surface area contributed by atoms with Gasteiger partial charge in [0.1, 0.15) is 0 Å². The Hall–Kier alpha value is -0.220. The van der Waals surface area contributed by atoms with Crippen molar-refractivity contribution >= 4 is 17.7 Å². The Morgan fingerprint density at radius 1 is 1.47 bits per heavy atom. The van der Waals surface area contributed by atoms with Gasteiger partial charge in [0.15, 0.2) is 0 Å². The van der Waals surface area contributed by atoms with Gasteiger partial charge in [0.2, 0.25) is 5.91 Å². The number of rotatable bonds is 5. The van der Waals surface area contributed by atoms with E-state index >= 15 is 0 Å². The molecule has 1 unspecified atom stereocenters. The number of amides is 1. The third kappa shape index (κ3) is 3.38. The predicted octanol–water partition coefficient (Wildman–Crippen LogP) is 1.09. The molecule has 86 valence electrons. The van der Waals surface area contributed by atoms with Crippen molar-refractivity contribution in [2.45, 2.75) is 37.8 Å². The van der Waals surface area contributed by atoms with E-state index < -0.39 is 0 Å². The third-order valence-corrected chi connectivity index (χ3v) is 4.34. The van der Waals surface area contributed by atoms with Gasteiger partial charge in [-0.15, -0.1) is 0 Å². The van der Waals surface area contributed by atoms with Crippen molar-refractivity contribution in [2.75, 3.05) is 25.1 Å². The summed E-state index contributed by atoms with van der Waals surface area (Å²) in [5.74, 6) is 2.64. The number of carbonyl (C=O) groups excluding carboxylic acids is 1. The zero-order chi connectivity index (χ0) is 10.7. The number of nitrogens with one attached hydrogen (secondary N) is 1. The van der Waals surface area contributed by atoms with E-state index in [0.717, 1.165) is 12.3 Å². The summed E-state index contributed by atoms with van der Waals surface area (Å²) in [4.78, 5) is 13.8. The molecule has 1 atom stereocenters. The lowest BCUT2D eigenvalue weighted by Crippen LogP contribution is -2.38. The van der Waals surface area contributed by atoms with Crippen LogP contribution in [0.1, 0.15) is 25.7 Å². The first-order valence-corrected chi connectivity index (χ1v) is 6.99. The van der Waals surface area contributed by atoms with E-state index in [-0.39, 0.29) is 0 Å². The SMILES string of the molecule is CN(C(=O)CCNC1CC1)C1CCSC1. The van der Waals surface area contributed by atoms with E-state index in [2.05, 4.69) is 5.32 Å². The molecule has 3 nitrogen and oxygen atoms in total. The van der Waals surface area contributed by atoms with Crippen molar-refractivity contribution in [2.24, 2.45) is 0 Å². The second-order valence-electron chi connectivity index (χ2n) is 4.50. The summed E-state index contributed by atoms with van der Waals surface area (Å²) >= 11 is 1.96. The highest BCUT2D eigenvalue weighted by Gasteiger charge is 2.24. The minimum atomic E-state index is 0.302. The fourth-order valence-corrected chi connectivity index (χ4v) is 3.15. The van der Waals surface area contributed by atoms with Gasteiger partial charge in [0.05, 0.1) is 0 Å². The maximum absolute atomic E-state index is 11.8. The fraction of sp³-hybridized carbons (Fsp3) is 0.909. The predicted molar refractivity (Wildman–Crippen MR) is 64.1 cm³/mol. The van der Waals surface area contributed by atoms with Gasteiger partial charge in [0, 0.05) is 37.8 Å². The van der Waals surface area contributed by atoms with Crippen molar-refractivity contribution in [1.82, 2.24) is 10.2 Å². The van der Waals surface area contributed by atoms with Gasteiger partial charge in [-0.25, -0.2) is 0 Å². The smallest absolute Gasteiger partial charge is 0.223 e. The second kappa shape index (κ2) is 5.21. The van der Waals surface area contributed by atoms with E-state index in [1.807, 2.05) is 23.7 Å². The van der Waals surface area contributed by atoms with E-state index in [1.54, 1.807) is 0 Å².